The van der Waals surface area contributed by atoms with Crippen LogP contribution in [-0.4, -0.2) is 51.5 Å². The Morgan fingerprint density at radius 3 is 2.72 bits per heavy atom. The Morgan fingerprint density at radius 1 is 1.44 bits per heavy atom. The minimum Gasteiger partial charge on any atom is -0.300 e. The summed E-state index contributed by atoms with van der Waals surface area (Å²) in [5.74, 6) is -0.469. The van der Waals surface area contributed by atoms with Crippen LogP contribution in [0.2, 0.25) is 0 Å². The fourth-order valence-electron chi connectivity index (χ4n) is 1.89. The largest absolute Gasteiger partial charge is 0.300 e. The van der Waals surface area contributed by atoms with Crippen LogP contribution in [0.25, 0.3) is 0 Å². The van der Waals surface area contributed by atoms with Gasteiger partial charge in [-0.1, -0.05) is 13.8 Å². The number of rotatable bonds is 1. The molecule has 1 aromatic rings. The van der Waals surface area contributed by atoms with Crippen LogP contribution in [0, 0.1) is 0 Å². The number of hydrogen-bond donors (Lipinski definition) is 1. The van der Waals surface area contributed by atoms with Crippen LogP contribution in [0.4, 0.5) is 0 Å². The van der Waals surface area contributed by atoms with E-state index in [1.165, 1.54) is 7.05 Å². The van der Waals surface area contributed by atoms with Crippen LogP contribution in [0.15, 0.2) is 6.07 Å². The first-order chi connectivity index (χ1) is 8.58. The van der Waals surface area contributed by atoms with Crippen molar-refractivity contribution in [2.45, 2.75) is 33.4 Å². The monoisotopic (exact) mass is 254 g/mol. The van der Waals surface area contributed by atoms with E-state index < -0.39 is 5.91 Å². The summed E-state index contributed by atoms with van der Waals surface area (Å²) in [6.07, 6.45) is 1.02. The zero-order valence-electron chi connectivity index (χ0n) is 11.6. The van der Waals surface area contributed by atoms with Gasteiger partial charge in [-0.3, -0.25) is 14.7 Å². The molecule has 18 heavy (non-hydrogen) atoms. The number of carbonyl (C=O) groups excluding carboxylic acids is 1. The van der Waals surface area contributed by atoms with Gasteiger partial charge in [0, 0.05) is 26.7 Å². The topological polar surface area (TPSA) is 61.6 Å². The maximum atomic E-state index is 11.5. The van der Waals surface area contributed by atoms with Crippen LogP contribution in [-0.2, 0) is 13.1 Å². The Labute approximate surface area is 108 Å². The lowest BCUT2D eigenvalue weighted by atomic mass is 10.3. The van der Waals surface area contributed by atoms with Crippen LogP contribution in [0.1, 0.15) is 36.5 Å². The second kappa shape index (κ2) is 6.51. The van der Waals surface area contributed by atoms with Gasteiger partial charge in [0.1, 0.15) is 0 Å². The third-order valence-corrected chi connectivity index (χ3v) is 2.72. The standard InChI is InChI=1S/C10H16N4O2.C2H6/c1-12-4-3-5-14-8(7-12)6-9(11-14)10(15)13(2)16;1-2/h6,16H,3-5,7H2,1-2H3;1-2H3. The van der Waals surface area contributed by atoms with E-state index in [0.29, 0.717) is 10.8 Å². The van der Waals surface area contributed by atoms with Gasteiger partial charge in [-0.2, -0.15) is 5.10 Å². The van der Waals surface area contributed by atoms with Crippen LogP contribution in [0.3, 0.4) is 0 Å². The molecule has 0 saturated heterocycles. The summed E-state index contributed by atoms with van der Waals surface area (Å²) in [5, 5.41) is 13.8. The Kier molecular flexibility index (Phi) is 5.30. The first-order valence-electron chi connectivity index (χ1n) is 6.30. The molecule has 0 saturated carbocycles. The number of amides is 1. The van der Waals surface area contributed by atoms with Crippen molar-refractivity contribution in [3.63, 3.8) is 0 Å². The van der Waals surface area contributed by atoms with Gasteiger partial charge in [0.25, 0.3) is 5.91 Å². The van der Waals surface area contributed by atoms with E-state index in [-0.39, 0.29) is 0 Å². The molecular weight excluding hydrogens is 232 g/mol. The molecule has 1 aromatic heterocycles. The molecule has 6 nitrogen and oxygen atoms in total. The van der Waals surface area contributed by atoms with Crippen molar-refractivity contribution in [1.82, 2.24) is 19.7 Å². The van der Waals surface area contributed by atoms with E-state index in [9.17, 15) is 4.79 Å². The highest BCUT2D eigenvalue weighted by Gasteiger charge is 2.19. The number of hydroxylamine groups is 2. The third kappa shape index (κ3) is 3.30. The molecule has 2 heterocycles. The SMILES string of the molecule is CC.CN1CCCn2nc(C(=O)N(C)O)cc2C1. The number of carbonyl (C=O) groups is 1. The van der Waals surface area contributed by atoms with E-state index >= 15 is 0 Å². The molecule has 0 fully saturated rings. The number of hydrogen-bond acceptors (Lipinski definition) is 4. The van der Waals surface area contributed by atoms with Gasteiger partial charge in [-0.15, -0.1) is 0 Å². The summed E-state index contributed by atoms with van der Waals surface area (Å²) in [4.78, 5) is 13.7. The van der Waals surface area contributed by atoms with Gasteiger partial charge < -0.3 is 4.90 Å². The summed E-state index contributed by atoms with van der Waals surface area (Å²) >= 11 is 0. The van der Waals surface area contributed by atoms with Gasteiger partial charge >= 0.3 is 0 Å². The van der Waals surface area contributed by atoms with Crippen molar-refractivity contribution in [2.24, 2.45) is 0 Å². The van der Waals surface area contributed by atoms with Gasteiger partial charge in [-0.25, -0.2) is 5.06 Å². The Hall–Kier alpha value is -1.40. The van der Waals surface area contributed by atoms with Gasteiger partial charge in [0.05, 0.1) is 5.69 Å². The summed E-state index contributed by atoms with van der Waals surface area (Å²) in [6.45, 7) is 6.64. The molecule has 2 rings (SSSR count). The van der Waals surface area contributed by atoms with Crippen LogP contribution < -0.4 is 0 Å². The number of nitrogens with zero attached hydrogens (tertiary/aromatic N) is 4. The molecule has 0 unspecified atom stereocenters. The van der Waals surface area contributed by atoms with E-state index in [1.807, 2.05) is 25.6 Å². The van der Waals surface area contributed by atoms with Gasteiger partial charge in [0.15, 0.2) is 5.69 Å². The van der Waals surface area contributed by atoms with E-state index in [1.54, 1.807) is 6.07 Å². The molecule has 0 atom stereocenters. The van der Waals surface area contributed by atoms with E-state index in [2.05, 4.69) is 10.00 Å². The minimum absolute atomic E-state index is 0.301. The van der Waals surface area contributed by atoms with Crippen LogP contribution in [0.5, 0.6) is 0 Å². The molecule has 1 N–H and O–H groups in total. The molecule has 0 bridgehead atoms. The van der Waals surface area contributed by atoms with Crippen molar-refractivity contribution < 1.29 is 10.0 Å². The average Bonchev–Trinajstić information content (AvgIpc) is 2.66. The zero-order valence-corrected chi connectivity index (χ0v) is 11.6. The fourth-order valence-corrected chi connectivity index (χ4v) is 1.89. The maximum Gasteiger partial charge on any atom is 0.297 e. The second-order valence-corrected chi connectivity index (χ2v) is 4.16. The third-order valence-electron chi connectivity index (χ3n) is 2.72. The highest BCUT2D eigenvalue weighted by molar-refractivity contribution is 5.91. The van der Waals surface area contributed by atoms with Crippen molar-refractivity contribution in [1.29, 1.82) is 0 Å². The Bertz CT molecular complexity index is 401. The molecule has 1 amide bonds. The molecule has 0 radical (unpaired) electrons. The molecule has 6 heteroatoms. The average molecular weight is 254 g/mol. The van der Waals surface area contributed by atoms with Crippen molar-refractivity contribution in [3.8, 4) is 0 Å². The predicted octanol–water partition coefficient (Wildman–Crippen LogP) is 1.21. The van der Waals surface area contributed by atoms with E-state index in [0.717, 1.165) is 31.7 Å². The second-order valence-electron chi connectivity index (χ2n) is 4.16. The van der Waals surface area contributed by atoms with Gasteiger partial charge in [0.2, 0.25) is 0 Å². The van der Waals surface area contributed by atoms with Crippen LogP contribution >= 0.6 is 0 Å². The molecule has 1 aliphatic rings. The fraction of sp³-hybridized carbons (Fsp3) is 0.667. The van der Waals surface area contributed by atoms with Crippen molar-refractivity contribution >= 4 is 5.91 Å². The highest BCUT2D eigenvalue weighted by Crippen LogP contribution is 2.13. The lowest BCUT2D eigenvalue weighted by Crippen LogP contribution is -2.23. The number of aryl methyl sites for hydroxylation is 1. The summed E-state index contributed by atoms with van der Waals surface area (Å²) < 4.78 is 1.85. The van der Waals surface area contributed by atoms with Crippen molar-refractivity contribution in [3.05, 3.63) is 17.5 Å². The molecule has 0 spiro atoms. The molecule has 0 aromatic carbocycles. The summed E-state index contributed by atoms with van der Waals surface area (Å²) in [7, 11) is 3.35. The summed E-state index contributed by atoms with van der Waals surface area (Å²) in [6, 6.07) is 1.75. The molecule has 0 aliphatic carbocycles. The highest BCUT2D eigenvalue weighted by atomic mass is 16.5. The van der Waals surface area contributed by atoms with Gasteiger partial charge in [-0.05, 0) is 19.5 Å². The number of fused-ring (bicyclic) bond motifs is 1. The molecule has 102 valence electrons. The molecule has 1 aliphatic heterocycles. The maximum absolute atomic E-state index is 11.5. The quantitative estimate of drug-likeness (QED) is 0.604. The number of aromatic nitrogens is 2. The Morgan fingerprint density at radius 2 is 2.11 bits per heavy atom. The lowest BCUT2D eigenvalue weighted by Gasteiger charge is -2.10. The first-order valence-corrected chi connectivity index (χ1v) is 6.30. The Balaban J connectivity index is 0.000000771. The first kappa shape index (κ1) is 14.7. The zero-order chi connectivity index (χ0) is 13.7. The normalized spacial score (nSPS) is 15.2. The minimum atomic E-state index is -0.469. The lowest BCUT2D eigenvalue weighted by molar-refractivity contribution is -0.0380. The summed E-state index contributed by atoms with van der Waals surface area (Å²) in [5.41, 5.74) is 1.32. The molecular formula is C12H22N4O2. The van der Waals surface area contributed by atoms with Crippen molar-refractivity contribution in [2.75, 3.05) is 20.6 Å². The predicted molar refractivity (Wildman–Crippen MR) is 68.4 cm³/mol. The smallest absolute Gasteiger partial charge is 0.297 e. The van der Waals surface area contributed by atoms with E-state index in [4.69, 9.17) is 5.21 Å².